The highest BCUT2D eigenvalue weighted by molar-refractivity contribution is 7.83. The van der Waals surface area contributed by atoms with E-state index >= 15 is 0 Å². The van der Waals surface area contributed by atoms with Gasteiger partial charge >= 0.3 is 63.8 Å². The minimum Gasteiger partial charge on any atom is -0.507 e. The summed E-state index contributed by atoms with van der Waals surface area (Å²) in [6, 6.07) is -1.63. The number of amides is 1. The molecule has 4 saturated heterocycles. The van der Waals surface area contributed by atoms with E-state index in [0.29, 0.717) is 5.69 Å². The Morgan fingerprint density at radius 2 is 1.01 bits per heavy atom. The fraction of sp³-hybridized carbons (Fsp3) is 0.775. The zero-order chi connectivity index (χ0) is 66.8. The zero-order valence-corrected chi connectivity index (χ0v) is 49.7. The van der Waals surface area contributed by atoms with E-state index in [0.717, 1.165) is 18.1 Å². The quantitative estimate of drug-likeness (QED) is 0.0379. The lowest BCUT2D eigenvalue weighted by atomic mass is 9.79. The maximum Gasteiger partial charge on any atom is 0.397 e. The number of rotatable bonds is 22. The predicted octanol–water partition coefficient (Wildman–Crippen LogP) is -6.33. The third-order valence-corrected chi connectivity index (χ3v) is 14.9. The Kier molecular flexibility index (Phi) is 24.7. The van der Waals surface area contributed by atoms with Gasteiger partial charge in [-0.1, -0.05) is 41.5 Å². The van der Waals surface area contributed by atoms with E-state index < -0.39 is 206 Å². The number of carbonyl (C=O) groups is 3. The van der Waals surface area contributed by atoms with E-state index in [4.69, 9.17) is 37.7 Å². The van der Waals surface area contributed by atoms with Crippen LogP contribution in [0.1, 0.15) is 59.6 Å². The van der Waals surface area contributed by atoms with Crippen LogP contribution >= 0.6 is 0 Å². The zero-order valence-electron chi connectivity index (χ0n) is 45.6. The van der Waals surface area contributed by atoms with Gasteiger partial charge in [0.05, 0.1) is 13.2 Å². The first-order chi connectivity index (χ1) is 39.4. The highest BCUT2D eigenvalue weighted by Crippen LogP contribution is 2.42. The number of phenolic OH excluding ortho intramolecular Hbond substituents is 1. The molecule has 502 valence electrons. The monoisotopic (exact) mass is 1370 g/mol. The fourth-order valence-electron chi connectivity index (χ4n) is 8.87. The van der Waals surface area contributed by atoms with Gasteiger partial charge in [0, 0.05) is 18.1 Å². The number of benzene rings is 1. The van der Waals surface area contributed by atoms with Crippen molar-refractivity contribution in [3.63, 3.8) is 0 Å². The summed E-state index contributed by atoms with van der Waals surface area (Å²) in [5, 5.41) is 99.3. The van der Waals surface area contributed by atoms with Crippen molar-refractivity contribution in [1.82, 2.24) is 10.0 Å². The lowest BCUT2D eigenvalue weighted by molar-refractivity contribution is -0.366. The van der Waals surface area contributed by atoms with Crippen molar-refractivity contribution >= 4 is 75.4 Å². The molecule has 0 spiro atoms. The van der Waals surface area contributed by atoms with Crippen LogP contribution in [0.15, 0.2) is 17.3 Å². The highest BCUT2D eigenvalue weighted by Gasteiger charge is 2.60. The molecule has 4 heterocycles. The predicted molar refractivity (Wildman–Crippen MR) is 272 cm³/mol. The van der Waals surface area contributed by atoms with Crippen molar-refractivity contribution in [1.29, 1.82) is 0 Å². The van der Waals surface area contributed by atoms with Gasteiger partial charge in [0.2, 0.25) is 5.91 Å². The number of carbonyl (C=O) groups excluding carboxylic acids is 1. The molecular formula is C40H63N3O39S5. The number of phenols is 1. The Hall–Kier alpha value is -4.14. The van der Waals surface area contributed by atoms with Crippen LogP contribution in [0.2, 0.25) is 0 Å². The van der Waals surface area contributed by atoms with Crippen molar-refractivity contribution < 1.29 is 175 Å². The van der Waals surface area contributed by atoms with E-state index in [1.807, 2.05) is 46.9 Å². The van der Waals surface area contributed by atoms with Gasteiger partial charge in [0.15, 0.2) is 49.6 Å². The molecule has 5 rings (SSSR count). The summed E-state index contributed by atoms with van der Waals surface area (Å²) in [4.78, 5) is 47.2. The van der Waals surface area contributed by atoms with Gasteiger partial charge in [-0.3, -0.25) is 27.6 Å². The van der Waals surface area contributed by atoms with E-state index in [-0.39, 0.29) is 16.6 Å². The molecule has 4 aliphatic heterocycles. The highest BCUT2D eigenvalue weighted by atomic mass is 32.3. The molecule has 87 heavy (non-hydrogen) atoms. The number of carboxylic acids is 2. The first-order valence-corrected chi connectivity index (χ1v) is 31.2. The standard InChI is InChI=1S/C26H42N2O37S5.C14H21NO2/c1-4(30)27-7-9(31)13(6(56-23(7)39)3-55-67(43,44)45)58-26-19(65-70(52,53)54)12(34)16(20(62-26)22(37)38)60-24-8(28-66(40,41)42)15(63-68(46,47)48)14(5(2-29)57-24)59-25-18(64-69(49,50)51)11(33)10(32)17(61-25)21(35)36;1-13(2,3)10-7-9(15-17)8-11(12(10)16)14(4,5)6/h5-20,23-26,28-29,31-34,39H,2-3H2,1H3,(H,27,30)(H,35,36)(H,37,38)(H,40,41,42)(H,43,44,45)(H,46,47,48)(H,49,50,51)(H,52,53,54);7-8,16H,1-6H3/t5-,6+,7-,8-,9-,10-,11-,12+,13-,14-,15-,16+,17-,18+,19-,20+,23-,24+,25+,26-;/m1./s1. The SMILES string of the molecule is CC(=O)N[C@@H]1[C@@H](O)[C@H](O[C@@H]2O[C@H](C(=O)O)[C@@H](O[C@@H]3O[C@H](CO)[C@@H](O[C@H]4O[C@@H](C(=O)O)[C@H](O)[C@@H](O)[C@@H]4OS(=O)(=O)O)[C@H](OS(=O)(=O)O)[C@H]3NS(=O)(=O)O)[C@H](O)[C@H]2OS(=O)(=O)O)[C@H](COS(=O)(=O)O)O[C@H]1O.CC(C)(C)c1cc(N=O)cc(C(C)(C)C)c1O. The summed E-state index contributed by atoms with van der Waals surface area (Å²) in [5.74, 6) is -5.21. The number of hydrogen-bond donors (Lipinski definition) is 16. The van der Waals surface area contributed by atoms with Crippen LogP contribution in [-0.4, -0.2) is 265 Å². The molecule has 0 aromatic heterocycles. The van der Waals surface area contributed by atoms with Gasteiger partial charge in [0.25, 0.3) is 0 Å². The number of hydrogen-bond acceptors (Lipinski definition) is 33. The summed E-state index contributed by atoms with van der Waals surface area (Å²) in [6.45, 7) is 9.78. The lowest BCUT2D eigenvalue weighted by Gasteiger charge is -2.50. The number of aliphatic hydroxyl groups is 6. The molecule has 1 aromatic carbocycles. The normalized spacial score (nSPS) is 34.0. The largest absolute Gasteiger partial charge is 0.507 e. The second-order valence-electron chi connectivity index (χ2n) is 21.1. The van der Waals surface area contributed by atoms with E-state index in [1.54, 1.807) is 12.1 Å². The Bertz CT molecular complexity index is 3160. The van der Waals surface area contributed by atoms with Gasteiger partial charge in [-0.25, -0.2) is 26.3 Å². The second-order valence-corrected chi connectivity index (χ2v) is 26.5. The van der Waals surface area contributed by atoms with Gasteiger partial charge in [-0.2, -0.15) is 46.8 Å². The van der Waals surface area contributed by atoms with Crippen LogP contribution in [0.25, 0.3) is 0 Å². The van der Waals surface area contributed by atoms with Crippen LogP contribution < -0.4 is 10.0 Å². The Morgan fingerprint density at radius 3 is 1.43 bits per heavy atom. The molecule has 0 radical (unpaired) electrons. The number of aliphatic carboxylic acids is 2. The molecule has 42 nitrogen and oxygen atoms in total. The summed E-state index contributed by atoms with van der Waals surface area (Å²) in [6.07, 6.45) is -49.1. The molecule has 4 fully saturated rings. The van der Waals surface area contributed by atoms with Crippen molar-refractivity contribution in [2.45, 2.75) is 182 Å². The topological polar surface area (TPSA) is 660 Å². The van der Waals surface area contributed by atoms with Crippen LogP contribution in [-0.2, 0) is 127 Å². The van der Waals surface area contributed by atoms with E-state index in [1.165, 1.54) is 4.72 Å². The van der Waals surface area contributed by atoms with Crippen molar-refractivity contribution in [3.8, 4) is 5.75 Å². The van der Waals surface area contributed by atoms with Crippen LogP contribution in [0.5, 0.6) is 5.75 Å². The molecule has 4 aliphatic rings. The van der Waals surface area contributed by atoms with E-state index in [2.05, 4.69) is 21.9 Å². The van der Waals surface area contributed by atoms with Gasteiger partial charge < -0.3 is 84.4 Å². The Labute approximate surface area is 493 Å². The second kappa shape index (κ2) is 28.6. The molecule has 16 N–H and O–H groups in total. The first-order valence-electron chi connectivity index (χ1n) is 24.3. The van der Waals surface area contributed by atoms with E-state index in [9.17, 15) is 126 Å². The molecule has 47 heteroatoms. The number of aromatic hydroxyl groups is 1. The molecule has 1 amide bonds. The number of nitrogens with one attached hydrogen (secondary N) is 2. The summed E-state index contributed by atoms with van der Waals surface area (Å²) >= 11 is 0. The number of carboxylic acid groups (broad SMARTS) is 2. The average molecular weight is 1370 g/mol. The summed E-state index contributed by atoms with van der Waals surface area (Å²) in [7, 11) is -29.1. The van der Waals surface area contributed by atoms with Crippen LogP contribution in [0.4, 0.5) is 5.69 Å². The maximum absolute atomic E-state index is 12.7. The number of ether oxygens (including phenoxy) is 7. The molecule has 0 unspecified atom stereocenters. The van der Waals surface area contributed by atoms with Crippen LogP contribution in [0.3, 0.4) is 0 Å². The maximum atomic E-state index is 12.7. The molecule has 20 atom stereocenters. The van der Waals surface area contributed by atoms with Crippen LogP contribution in [0, 0.1) is 4.91 Å². The minimum absolute atomic E-state index is 0.217. The third kappa shape index (κ3) is 21.0. The van der Waals surface area contributed by atoms with Crippen molar-refractivity contribution in [2.75, 3.05) is 13.2 Å². The Balaban J connectivity index is 0.000000817. The molecule has 0 bridgehead atoms. The Morgan fingerprint density at radius 1 is 0.563 bits per heavy atom. The molecule has 1 aromatic rings. The number of aliphatic hydroxyl groups excluding tert-OH is 6. The van der Waals surface area contributed by atoms with Gasteiger partial charge in [-0.05, 0) is 28.1 Å². The minimum atomic E-state index is -6.09. The van der Waals surface area contributed by atoms with Crippen molar-refractivity contribution in [2.24, 2.45) is 5.18 Å². The average Bonchev–Trinajstić information content (AvgIpc) is 0.835. The van der Waals surface area contributed by atoms with Gasteiger partial charge in [-0.15, -0.1) is 4.91 Å². The fourth-order valence-corrected chi connectivity index (χ4v) is 11.2. The number of nitrogens with zero attached hydrogens (tertiary/aromatic N) is 1. The molecule has 0 aliphatic carbocycles. The third-order valence-electron chi connectivity index (χ3n) is 12.5. The summed E-state index contributed by atoms with van der Waals surface area (Å²) in [5.41, 5.74) is 1.46. The molecular weight excluding hydrogens is 1310 g/mol. The molecule has 0 saturated carbocycles. The van der Waals surface area contributed by atoms with Gasteiger partial charge in [0.1, 0.15) is 84.6 Å². The van der Waals surface area contributed by atoms with Crippen molar-refractivity contribution in [3.05, 3.63) is 28.2 Å². The smallest absolute Gasteiger partial charge is 0.397 e. The summed E-state index contributed by atoms with van der Waals surface area (Å²) < 4.78 is 222. The lowest BCUT2D eigenvalue weighted by Crippen LogP contribution is -2.71. The first kappa shape index (κ1) is 75.3. The number of nitroso groups, excluding NO2 is 1.